The van der Waals surface area contributed by atoms with Gasteiger partial charge in [-0.3, -0.25) is 14.2 Å². The molecule has 0 saturated carbocycles. The van der Waals surface area contributed by atoms with E-state index in [0.717, 1.165) is 0 Å². The number of hydrogen-bond acceptors (Lipinski definition) is 3. The molecule has 0 spiro atoms. The Morgan fingerprint density at radius 2 is 2.33 bits per heavy atom. The van der Waals surface area contributed by atoms with Crippen molar-refractivity contribution in [3.8, 4) is 0 Å². The van der Waals surface area contributed by atoms with Crippen LogP contribution in [-0.4, -0.2) is 15.3 Å². The fraction of sp³-hybridized carbons (Fsp3) is 0.500. The summed E-state index contributed by atoms with van der Waals surface area (Å²) in [5.74, 6) is 0.238. The molecule has 0 radical (unpaired) electrons. The number of hydrogen-bond donors (Lipinski definition) is 0. The topological polar surface area (TPSA) is 52.0 Å². The molecule has 1 aromatic rings. The Morgan fingerprint density at radius 3 is 3.00 bits per heavy atom. The van der Waals surface area contributed by atoms with Crippen molar-refractivity contribution < 1.29 is 4.79 Å². The first-order valence-electron chi connectivity index (χ1n) is 4.86. The summed E-state index contributed by atoms with van der Waals surface area (Å²) in [6.07, 6.45) is 4.86. The highest BCUT2D eigenvalue weighted by Crippen LogP contribution is 1.98. The zero-order valence-corrected chi connectivity index (χ0v) is 10.7. The van der Waals surface area contributed by atoms with Gasteiger partial charge in [-0.25, -0.2) is 4.98 Å². The highest BCUT2D eigenvalue weighted by molar-refractivity contribution is 14.1. The van der Waals surface area contributed by atoms with Crippen molar-refractivity contribution in [2.24, 2.45) is 0 Å². The summed E-state index contributed by atoms with van der Waals surface area (Å²) < 4.78 is 2.15. The zero-order chi connectivity index (χ0) is 11.3. The molecule has 0 N–H and O–H groups in total. The standard InChI is InChI=1S/C10H13IN2O2/c1-2-8(14)4-3-5-13-7-12-6-9(11)10(13)15/h6-7H,2-5H2,1H3. The third kappa shape index (κ3) is 3.73. The molecular formula is C10H13IN2O2. The Bertz CT molecular complexity index is 401. The van der Waals surface area contributed by atoms with Gasteiger partial charge in [0.25, 0.3) is 5.56 Å². The van der Waals surface area contributed by atoms with Gasteiger partial charge in [-0.05, 0) is 29.0 Å². The van der Waals surface area contributed by atoms with E-state index in [-0.39, 0.29) is 11.3 Å². The molecule has 0 unspecified atom stereocenters. The minimum absolute atomic E-state index is 0.0328. The van der Waals surface area contributed by atoms with Gasteiger partial charge >= 0.3 is 0 Å². The molecule has 15 heavy (non-hydrogen) atoms. The molecule has 0 aliphatic carbocycles. The van der Waals surface area contributed by atoms with Crippen LogP contribution in [0, 0.1) is 3.57 Å². The van der Waals surface area contributed by atoms with Crippen molar-refractivity contribution >= 4 is 28.4 Å². The van der Waals surface area contributed by atoms with Gasteiger partial charge in [-0.2, -0.15) is 0 Å². The number of carbonyl (C=O) groups excluding carboxylic acids is 1. The van der Waals surface area contributed by atoms with Gasteiger partial charge in [0.1, 0.15) is 5.78 Å². The van der Waals surface area contributed by atoms with Crippen molar-refractivity contribution in [1.82, 2.24) is 9.55 Å². The van der Waals surface area contributed by atoms with Gasteiger partial charge in [0.15, 0.2) is 0 Å². The molecule has 0 atom stereocenters. The third-order valence-electron chi connectivity index (χ3n) is 2.11. The molecule has 0 amide bonds. The summed E-state index contributed by atoms with van der Waals surface area (Å²) in [4.78, 5) is 26.5. The van der Waals surface area contributed by atoms with Crippen molar-refractivity contribution in [2.75, 3.05) is 0 Å². The van der Waals surface area contributed by atoms with Crippen LogP contribution >= 0.6 is 22.6 Å². The number of nitrogens with zero attached hydrogens (tertiary/aromatic N) is 2. The van der Waals surface area contributed by atoms with E-state index >= 15 is 0 Å². The smallest absolute Gasteiger partial charge is 0.266 e. The maximum absolute atomic E-state index is 11.5. The first-order chi connectivity index (χ1) is 7.15. The average Bonchev–Trinajstić information content (AvgIpc) is 2.24. The summed E-state index contributed by atoms with van der Waals surface area (Å²) in [6, 6.07) is 0. The normalized spacial score (nSPS) is 10.3. The van der Waals surface area contributed by atoms with Gasteiger partial charge < -0.3 is 0 Å². The van der Waals surface area contributed by atoms with Crippen LogP contribution in [0.15, 0.2) is 17.3 Å². The predicted octanol–water partition coefficient (Wildman–Crippen LogP) is 1.61. The molecule has 1 rings (SSSR count). The lowest BCUT2D eigenvalue weighted by Crippen LogP contribution is -2.22. The molecule has 0 bridgehead atoms. The van der Waals surface area contributed by atoms with Crippen molar-refractivity contribution in [3.05, 3.63) is 26.4 Å². The second kappa shape index (κ2) is 5.99. The summed E-state index contributed by atoms with van der Waals surface area (Å²) in [5, 5.41) is 0. The minimum atomic E-state index is -0.0328. The largest absolute Gasteiger partial charge is 0.300 e. The van der Waals surface area contributed by atoms with Crippen LogP contribution in [0.25, 0.3) is 0 Å². The molecule has 0 aromatic carbocycles. The number of aryl methyl sites for hydroxylation is 1. The van der Waals surface area contributed by atoms with Crippen LogP contribution in [-0.2, 0) is 11.3 Å². The van der Waals surface area contributed by atoms with E-state index in [2.05, 4.69) is 4.98 Å². The van der Waals surface area contributed by atoms with E-state index in [9.17, 15) is 9.59 Å². The number of aromatic nitrogens is 2. The molecule has 0 aliphatic rings. The second-order valence-electron chi connectivity index (χ2n) is 3.24. The first kappa shape index (κ1) is 12.4. The van der Waals surface area contributed by atoms with Gasteiger partial charge in [0.2, 0.25) is 0 Å². The van der Waals surface area contributed by atoms with Gasteiger partial charge in [0, 0.05) is 25.6 Å². The number of carbonyl (C=O) groups is 1. The highest BCUT2D eigenvalue weighted by Gasteiger charge is 2.02. The van der Waals surface area contributed by atoms with Gasteiger partial charge in [0.05, 0.1) is 9.90 Å². The molecule has 0 fully saturated rings. The quantitative estimate of drug-likeness (QED) is 0.775. The molecule has 82 valence electrons. The molecular weight excluding hydrogens is 307 g/mol. The van der Waals surface area contributed by atoms with Crippen molar-refractivity contribution in [3.63, 3.8) is 0 Å². The fourth-order valence-corrected chi connectivity index (χ4v) is 1.68. The SMILES string of the molecule is CCC(=O)CCCn1cncc(I)c1=O. The molecule has 0 aliphatic heterocycles. The van der Waals surface area contributed by atoms with Crippen LogP contribution in [0.1, 0.15) is 26.2 Å². The summed E-state index contributed by atoms with van der Waals surface area (Å²) >= 11 is 1.96. The van der Waals surface area contributed by atoms with E-state index in [1.807, 2.05) is 29.5 Å². The van der Waals surface area contributed by atoms with Crippen LogP contribution < -0.4 is 5.56 Å². The summed E-state index contributed by atoms with van der Waals surface area (Å²) in [6.45, 7) is 2.41. The van der Waals surface area contributed by atoms with Crippen molar-refractivity contribution in [2.45, 2.75) is 32.7 Å². The lowest BCUT2D eigenvalue weighted by atomic mass is 10.2. The predicted molar refractivity (Wildman–Crippen MR) is 65.7 cm³/mol. The van der Waals surface area contributed by atoms with Crippen LogP contribution in [0.5, 0.6) is 0 Å². The van der Waals surface area contributed by atoms with Gasteiger partial charge in [-0.15, -0.1) is 0 Å². The third-order valence-corrected chi connectivity index (χ3v) is 2.85. The second-order valence-corrected chi connectivity index (χ2v) is 4.40. The number of Topliss-reactive ketones (excluding diaryl/α,β-unsaturated/α-hetero) is 1. The van der Waals surface area contributed by atoms with E-state index in [4.69, 9.17) is 0 Å². The summed E-state index contributed by atoms with van der Waals surface area (Å²) in [7, 11) is 0. The Hall–Kier alpha value is -0.720. The van der Waals surface area contributed by atoms with Crippen LogP contribution in [0.4, 0.5) is 0 Å². The Labute approximate surface area is 102 Å². The average molecular weight is 320 g/mol. The van der Waals surface area contributed by atoms with E-state index in [0.29, 0.717) is 29.4 Å². The lowest BCUT2D eigenvalue weighted by Gasteiger charge is -2.03. The Kier molecular flexibility index (Phi) is 4.93. The van der Waals surface area contributed by atoms with Crippen molar-refractivity contribution in [1.29, 1.82) is 0 Å². The Morgan fingerprint density at radius 1 is 1.60 bits per heavy atom. The lowest BCUT2D eigenvalue weighted by molar-refractivity contribution is -0.118. The van der Waals surface area contributed by atoms with Gasteiger partial charge in [-0.1, -0.05) is 6.92 Å². The first-order valence-corrected chi connectivity index (χ1v) is 5.94. The van der Waals surface area contributed by atoms with Crippen LogP contribution in [0.3, 0.4) is 0 Å². The van der Waals surface area contributed by atoms with Crippen LogP contribution in [0.2, 0.25) is 0 Å². The minimum Gasteiger partial charge on any atom is -0.300 e. The molecule has 1 aromatic heterocycles. The maximum atomic E-state index is 11.5. The van der Waals surface area contributed by atoms with E-state index in [1.165, 1.54) is 12.5 Å². The van der Waals surface area contributed by atoms with E-state index in [1.54, 1.807) is 4.57 Å². The molecule has 4 nitrogen and oxygen atoms in total. The molecule has 5 heteroatoms. The molecule has 1 heterocycles. The molecule has 0 saturated heterocycles. The fourth-order valence-electron chi connectivity index (χ4n) is 1.21. The highest BCUT2D eigenvalue weighted by atomic mass is 127. The number of halogens is 1. The van der Waals surface area contributed by atoms with E-state index < -0.39 is 0 Å². The number of ketones is 1. The zero-order valence-electron chi connectivity index (χ0n) is 8.57. The Balaban J connectivity index is 2.55. The monoisotopic (exact) mass is 320 g/mol. The number of rotatable bonds is 5. The maximum Gasteiger partial charge on any atom is 0.266 e. The summed E-state index contributed by atoms with van der Waals surface area (Å²) in [5.41, 5.74) is -0.0328.